The summed E-state index contributed by atoms with van der Waals surface area (Å²) in [5.74, 6) is -0.231. The molecule has 0 aromatic heterocycles. The van der Waals surface area contributed by atoms with Gasteiger partial charge in [-0.05, 0) is 12.8 Å². The monoisotopic (exact) mass is 1470 g/mol. The second-order valence-electron chi connectivity index (χ2n) is 31.7. The van der Waals surface area contributed by atoms with E-state index in [0.717, 1.165) is 44.9 Å². The number of ether oxygens (including phenoxy) is 6. The van der Waals surface area contributed by atoms with Crippen LogP contribution in [-0.4, -0.2) is 193 Å². The minimum absolute atomic E-state index is 0.231. The van der Waals surface area contributed by atoms with E-state index in [0.29, 0.717) is 12.8 Å². The normalized spacial score (nSPS) is 25.9. The summed E-state index contributed by atoms with van der Waals surface area (Å²) in [5, 5.41) is 121. The van der Waals surface area contributed by atoms with Crippen LogP contribution in [0.25, 0.3) is 0 Å². The Morgan fingerprint density at radius 1 is 0.311 bits per heavy atom. The van der Waals surface area contributed by atoms with Crippen molar-refractivity contribution in [3.8, 4) is 0 Å². The Bertz CT molecular complexity index is 1860. The van der Waals surface area contributed by atoms with E-state index in [2.05, 4.69) is 19.2 Å². The van der Waals surface area contributed by atoms with E-state index in [-0.39, 0.29) is 18.9 Å². The van der Waals surface area contributed by atoms with Crippen molar-refractivity contribution in [2.75, 3.05) is 26.4 Å². The van der Waals surface area contributed by atoms with Gasteiger partial charge in [0.15, 0.2) is 18.9 Å². The van der Waals surface area contributed by atoms with Crippen molar-refractivity contribution in [2.24, 2.45) is 0 Å². The molecule has 0 aliphatic carbocycles. The molecule has 0 spiro atoms. The molecule has 0 aromatic rings. The molecule has 3 heterocycles. The average Bonchev–Trinajstić information content (AvgIpc) is 0.781. The van der Waals surface area contributed by atoms with Gasteiger partial charge in [-0.1, -0.05) is 380 Å². The first kappa shape index (κ1) is 96.0. The largest absolute Gasteiger partial charge is 0.394 e. The molecule has 3 aliphatic rings. The molecule has 3 saturated heterocycles. The van der Waals surface area contributed by atoms with E-state index in [4.69, 9.17) is 28.4 Å². The van der Waals surface area contributed by atoms with Crippen LogP contribution in [0, 0.1) is 0 Å². The first-order chi connectivity index (χ1) is 50.3. The fourth-order valence-electron chi connectivity index (χ4n) is 15.4. The Morgan fingerprint density at radius 3 is 0.845 bits per heavy atom. The van der Waals surface area contributed by atoms with Gasteiger partial charge in [0.05, 0.1) is 38.6 Å². The highest BCUT2D eigenvalue weighted by Gasteiger charge is 2.54. The molecule has 17 atom stereocenters. The molecule has 0 bridgehead atoms. The molecule has 19 nitrogen and oxygen atoms in total. The van der Waals surface area contributed by atoms with Crippen LogP contribution in [0.4, 0.5) is 0 Å². The third-order valence-electron chi connectivity index (χ3n) is 22.4. The van der Waals surface area contributed by atoms with E-state index >= 15 is 0 Å². The Hall–Kier alpha value is -1.21. The maximum atomic E-state index is 13.5. The molecular weight excluding hydrogens is 1310 g/mol. The van der Waals surface area contributed by atoms with Crippen LogP contribution in [0.5, 0.6) is 0 Å². The molecule has 103 heavy (non-hydrogen) atoms. The fraction of sp³-hybridized carbons (Fsp3) is 0.988. The van der Waals surface area contributed by atoms with Crippen LogP contribution in [0.2, 0.25) is 0 Å². The van der Waals surface area contributed by atoms with Gasteiger partial charge < -0.3 is 89.9 Å². The smallest absolute Gasteiger partial charge is 0.220 e. The third kappa shape index (κ3) is 45.0. The van der Waals surface area contributed by atoms with E-state index in [9.17, 15) is 61.0 Å². The minimum atomic E-state index is -1.97. The lowest BCUT2D eigenvalue weighted by molar-refractivity contribution is -0.379. The van der Waals surface area contributed by atoms with E-state index in [1.165, 1.54) is 321 Å². The first-order valence-electron chi connectivity index (χ1n) is 43.8. The van der Waals surface area contributed by atoms with Crippen LogP contribution in [0.1, 0.15) is 399 Å². The minimum Gasteiger partial charge on any atom is -0.394 e. The molecule has 1 amide bonds. The quantitative estimate of drug-likeness (QED) is 0.0252. The maximum Gasteiger partial charge on any atom is 0.220 e. The molecule has 3 fully saturated rings. The number of rotatable bonds is 72. The van der Waals surface area contributed by atoms with Crippen molar-refractivity contribution in [3.05, 3.63) is 0 Å². The molecule has 3 aliphatic heterocycles. The van der Waals surface area contributed by atoms with Gasteiger partial charge in [-0.3, -0.25) is 4.79 Å². The van der Waals surface area contributed by atoms with Crippen molar-refractivity contribution in [1.82, 2.24) is 5.32 Å². The van der Waals surface area contributed by atoms with Gasteiger partial charge in [0.2, 0.25) is 5.91 Å². The zero-order chi connectivity index (χ0) is 74.6. The summed E-state index contributed by atoms with van der Waals surface area (Å²) in [6.45, 7) is 1.89. The highest BCUT2D eigenvalue weighted by atomic mass is 16.8. The number of carbonyl (C=O) groups is 1. The molecule has 17 unspecified atom stereocenters. The van der Waals surface area contributed by atoms with Crippen LogP contribution in [0.15, 0.2) is 0 Å². The number of aliphatic hydroxyl groups excluding tert-OH is 11. The number of hydrogen-bond donors (Lipinski definition) is 12. The van der Waals surface area contributed by atoms with Gasteiger partial charge in [-0.2, -0.15) is 0 Å². The molecule has 612 valence electrons. The van der Waals surface area contributed by atoms with Crippen molar-refractivity contribution < 1.29 is 89.4 Å². The van der Waals surface area contributed by atoms with Crippen molar-refractivity contribution in [2.45, 2.75) is 503 Å². The predicted octanol–water partition coefficient (Wildman–Crippen LogP) is 15.7. The van der Waals surface area contributed by atoms with Gasteiger partial charge in [-0.25, -0.2) is 0 Å². The molecule has 0 radical (unpaired) electrons. The Morgan fingerprint density at radius 2 is 0.553 bits per heavy atom. The number of carbonyl (C=O) groups excluding carboxylic acids is 1. The topological polar surface area (TPSA) is 307 Å². The lowest BCUT2D eigenvalue weighted by atomic mass is 9.96. The summed E-state index contributed by atoms with van der Waals surface area (Å²) in [7, 11) is 0. The van der Waals surface area contributed by atoms with Crippen LogP contribution in [-0.2, 0) is 33.2 Å². The standard InChI is InChI=1S/C84H163NO18/c1-3-5-7-9-11-13-15-17-19-21-23-25-27-29-31-33-35-37-39-41-43-45-47-49-51-53-55-57-59-61-68(89)67(85-72(90)62-60-58-56-54-52-50-48-46-44-42-40-38-36-34-32-30-28-26-24-22-20-18-16-14-12-10-8-6-4-2)66-98-82-78(96)75(93)80(70(64-87)100-82)103-84-79(97)76(94)81(71(65-88)101-84)102-83-77(95)74(92)73(91)69(63-86)99-83/h67-71,73-84,86-89,91-97H,3-66H2,1-2H3,(H,85,90). The Labute approximate surface area is 627 Å². The zero-order valence-electron chi connectivity index (χ0n) is 65.8. The van der Waals surface area contributed by atoms with Crippen molar-refractivity contribution in [1.29, 1.82) is 0 Å². The molecular formula is C84H163NO18. The highest BCUT2D eigenvalue weighted by Crippen LogP contribution is 2.34. The van der Waals surface area contributed by atoms with Crippen LogP contribution < -0.4 is 5.32 Å². The second kappa shape index (κ2) is 65.5. The lowest BCUT2D eigenvalue weighted by Crippen LogP contribution is -2.66. The summed E-state index contributed by atoms with van der Waals surface area (Å²) >= 11 is 0. The highest BCUT2D eigenvalue weighted by molar-refractivity contribution is 5.76. The number of aliphatic hydroxyl groups is 11. The predicted molar refractivity (Wildman–Crippen MR) is 411 cm³/mol. The Kier molecular flexibility index (Phi) is 61.0. The number of nitrogens with one attached hydrogen (secondary N) is 1. The summed E-state index contributed by atoms with van der Waals surface area (Å²) < 4.78 is 34.6. The maximum absolute atomic E-state index is 13.5. The van der Waals surface area contributed by atoms with Gasteiger partial charge in [0.1, 0.15) is 73.2 Å². The molecule has 12 N–H and O–H groups in total. The van der Waals surface area contributed by atoms with E-state index in [1.807, 2.05) is 0 Å². The third-order valence-corrected chi connectivity index (χ3v) is 22.4. The van der Waals surface area contributed by atoms with Crippen molar-refractivity contribution >= 4 is 5.91 Å². The first-order valence-corrected chi connectivity index (χ1v) is 43.8. The lowest BCUT2D eigenvalue weighted by Gasteiger charge is -2.48. The van der Waals surface area contributed by atoms with Crippen molar-refractivity contribution in [3.63, 3.8) is 0 Å². The summed E-state index contributed by atoms with van der Waals surface area (Å²) in [6.07, 6.45) is 50.7. The summed E-state index contributed by atoms with van der Waals surface area (Å²) in [6, 6.07) is -0.884. The second-order valence-corrected chi connectivity index (χ2v) is 31.7. The van der Waals surface area contributed by atoms with E-state index < -0.39 is 124 Å². The molecule has 0 aromatic carbocycles. The zero-order valence-corrected chi connectivity index (χ0v) is 65.8. The van der Waals surface area contributed by atoms with Gasteiger partial charge in [0.25, 0.3) is 0 Å². The van der Waals surface area contributed by atoms with Gasteiger partial charge >= 0.3 is 0 Å². The number of hydrogen-bond acceptors (Lipinski definition) is 18. The Balaban J connectivity index is 1.33. The summed E-state index contributed by atoms with van der Waals surface area (Å²) in [5.41, 5.74) is 0. The summed E-state index contributed by atoms with van der Waals surface area (Å²) in [4.78, 5) is 13.5. The number of unbranched alkanes of at least 4 members (excludes halogenated alkanes) is 56. The SMILES string of the molecule is CCCCCCCCCCCCCCCCCCCCCCCCCCCCCCCC(=O)NC(COC1OC(CO)C(OC2OC(CO)C(OC3OC(CO)C(O)C(O)C3O)C(O)C2O)C(O)C1O)C(O)CCCCCCCCCCCCCCCCCCCCCCCCCCCCCCC. The number of amides is 1. The molecule has 19 heteroatoms. The van der Waals surface area contributed by atoms with E-state index in [1.54, 1.807) is 0 Å². The van der Waals surface area contributed by atoms with Gasteiger partial charge in [0, 0.05) is 6.42 Å². The van der Waals surface area contributed by atoms with Crippen LogP contribution >= 0.6 is 0 Å². The molecule has 3 rings (SSSR count). The van der Waals surface area contributed by atoms with Gasteiger partial charge in [-0.15, -0.1) is 0 Å². The average molecular weight is 1480 g/mol. The fourth-order valence-corrected chi connectivity index (χ4v) is 15.4. The molecule has 0 saturated carbocycles. The van der Waals surface area contributed by atoms with Crippen LogP contribution in [0.3, 0.4) is 0 Å².